The lowest BCUT2D eigenvalue weighted by molar-refractivity contribution is -0.225. The maximum atomic E-state index is 12.6. The number of hydrogen-bond donors (Lipinski definition) is 2. The van der Waals surface area contributed by atoms with Crippen LogP contribution in [0.1, 0.15) is 27.7 Å². The van der Waals surface area contributed by atoms with E-state index in [1.165, 1.54) is 0 Å². The van der Waals surface area contributed by atoms with Crippen LogP contribution >= 0.6 is 0 Å². The number of hydrogen-bond acceptors (Lipinski definition) is 3. The zero-order chi connectivity index (χ0) is 11.8. The first-order valence-electron chi connectivity index (χ1n) is 5.36. The van der Waals surface area contributed by atoms with E-state index >= 15 is 0 Å². The van der Waals surface area contributed by atoms with Crippen LogP contribution in [-0.4, -0.2) is 41.3 Å². The molecule has 0 bridgehead atoms. The maximum absolute atomic E-state index is 12.6. The van der Waals surface area contributed by atoms with E-state index < -0.39 is 31.1 Å². The summed E-state index contributed by atoms with van der Waals surface area (Å²) >= 11 is 0. The summed E-state index contributed by atoms with van der Waals surface area (Å²) in [5.74, 6) is -0.358. The molecular formula is C11H21FO3. The van der Waals surface area contributed by atoms with E-state index in [1.54, 1.807) is 6.92 Å². The van der Waals surface area contributed by atoms with Gasteiger partial charge in [-0.2, -0.15) is 0 Å². The van der Waals surface area contributed by atoms with Gasteiger partial charge in [0.1, 0.15) is 12.8 Å². The van der Waals surface area contributed by atoms with Gasteiger partial charge in [-0.3, -0.25) is 0 Å². The lowest BCUT2D eigenvalue weighted by Gasteiger charge is -2.46. The Kier molecular flexibility index (Phi) is 3.74. The monoisotopic (exact) mass is 220 g/mol. The molecule has 0 saturated carbocycles. The molecule has 5 atom stereocenters. The summed E-state index contributed by atoms with van der Waals surface area (Å²) < 4.78 is 18.0. The molecule has 0 aromatic rings. The second-order valence-corrected chi connectivity index (χ2v) is 5.46. The van der Waals surface area contributed by atoms with Crippen LogP contribution in [-0.2, 0) is 4.74 Å². The highest BCUT2D eigenvalue weighted by molar-refractivity contribution is 4.94. The molecule has 1 heterocycles. The summed E-state index contributed by atoms with van der Waals surface area (Å²) in [4.78, 5) is 0. The van der Waals surface area contributed by atoms with Crippen molar-refractivity contribution in [2.45, 2.75) is 52.1 Å². The van der Waals surface area contributed by atoms with Crippen LogP contribution in [0, 0.1) is 11.3 Å². The van der Waals surface area contributed by atoms with Crippen molar-refractivity contribution in [3.05, 3.63) is 0 Å². The van der Waals surface area contributed by atoms with Gasteiger partial charge < -0.3 is 14.9 Å². The van der Waals surface area contributed by atoms with Crippen molar-refractivity contribution in [1.82, 2.24) is 0 Å². The maximum Gasteiger partial charge on any atom is 0.118 e. The van der Waals surface area contributed by atoms with Crippen LogP contribution in [0.25, 0.3) is 0 Å². The molecule has 0 radical (unpaired) electrons. The van der Waals surface area contributed by atoms with Crippen LogP contribution in [0.5, 0.6) is 0 Å². The van der Waals surface area contributed by atoms with Crippen molar-refractivity contribution in [2.24, 2.45) is 11.3 Å². The zero-order valence-electron chi connectivity index (χ0n) is 9.77. The number of alkyl halides is 1. The third-order valence-corrected chi connectivity index (χ3v) is 3.10. The summed E-state index contributed by atoms with van der Waals surface area (Å²) in [5.41, 5.74) is -0.263. The van der Waals surface area contributed by atoms with Crippen LogP contribution in [0.2, 0.25) is 0 Å². The molecule has 4 heteroatoms. The molecule has 0 amide bonds. The van der Waals surface area contributed by atoms with Crippen molar-refractivity contribution in [3.63, 3.8) is 0 Å². The second kappa shape index (κ2) is 4.36. The Morgan fingerprint density at radius 1 is 1.20 bits per heavy atom. The number of aliphatic hydroxyl groups excluding tert-OH is 2. The fraction of sp³-hybridized carbons (Fsp3) is 1.00. The normalized spacial score (nSPS) is 43.0. The zero-order valence-corrected chi connectivity index (χ0v) is 9.77. The molecule has 1 fully saturated rings. The van der Waals surface area contributed by atoms with E-state index in [0.717, 1.165) is 0 Å². The van der Waals surface area contributed by atoms with Gasteiger partial charge in [0.25, 0.3) is 0 Å². The van der Waals surface area contributed by atoms with Crippen molar-refractivity contribution in [2.75, 3.05) is 6.67 Å². The number of ether oxygens (including phenoxy) is 1. The summed E-state index contributed by atoms with van der Waals surface area (Å²) in [6.07, 6.45) is -2.92. The predicted octanol–water partition coefficient (Wildman–Crippen LogP) is 1.13. The third kappa shape index (κ3) is 2.49. The molecule has 0 aromatic heterocycles. The number of aliphatic hydroxyl groups is 2. The lowest BCUT2D eigenvalue weighted by Crippen LogP contribution is -2.57. The van der Waals surface area contributed by atoms with E-state index in [2.05, 4.69) is 0 Å². The quantitative estimate of drug-likeness (QED) is 0.696. The SMILES string of the molecule is C[C@@H]1[C@@H](O)[C@H](C(C)(C)C)O[C@H](CF)[C@H]1O. The van der Waals surface area contributed by atoms with Crippen LogP contribution in [0.4, 0.5) is 4.39 Å². The minimum Gasteiger partial charge on any atom is -0.390 e. The van der Waals surface area contributed by atoms with Crippen LogP contribution in [0.3, 0.4) is 0 Å². The molecule has 1 rings (SSSR count). The van der Waals surface area contributed by atoms with Gasteiger partial charge >= 0.3 is 0 Å². The largest absolute Gasteiger partial charge is 0.390 e. The smallest absolute Gasteiger partial charge is 0.118 e. The molecule has 1 aliphatic heterocycles. The molecule has 1 aliphatic rings. The topological polar surface area (TPSA) is 49.7 Å². The van der Waals surface area contributed by atoms with Gasteiger partial charge in [0.05, 0.1) is 18.3 Å². The Morgan fingerprint density at radius 3 is 2.13 bits per heavy atom. The van der Waals surface area contributed by atoms with E-state index in [1.807, 2.05) is 20.8 Å². The van der Waals surface area contributed by atoms with Crippen molar-refractivity contribution < 1.29 is 19.3 Å². The van der Waals surface area contributed by atoms with E-state index in [-0.39, 0.29) is 11.3 Å². The molecule has 15 heavy (non-hydrogen) atoms. The minimum absolute atomic E-state index is 0.263. The lowest BCUT2D eigenvalue weighted by atomic mass is 9.77. The summed E-state index contributed by atoms with van der Waals surface area (Å²) in [6.45, 7) is 6.80. The summed E-state index contributed by atoms with van der Waals surface area (Å²) in [5, 5.41) is 19.6. The van der Waals surface area contributed by atoms with E-state index in [9.17, 15) is 14.6 Å². The third-order valence-electron chi connectivity index (χ3n) is 3.10. The average Bonchev–Trinajstić information content (AvgIpc) is 2.13. The van der Waals surface area contributed by atoms with E-state index in [0.29, 0.717) is 0 Å². The second-order valence-electron chi connectivity index (χ2n) is 5.46. The number of rotatable bonds is 1. The highest BCUT2D eigenvalue weighted by Crippen LogP contribution is 2.35. The fourth-order valence-electron chi connectivity index (χ4n) is 2.01. The molecule has 0 unspecified atom stereocenters. The van der Waals surface area contributed by atoms with Gasteiger partial charge in [-0.25, -0.2) is 4.39 Å². The van der Waals surface area contributed by atoms with Crippen molar-refractivity contribution >= 4 is 0 Å². The van der Waals surface area contributed by atoms with Gasteiger partial charge in [0.15, 0.2) is 0 Å². The van der Waals surface area contributed by atoms with Gasteiger partial charge in [0.2, 0.25) is 0 Å². The molecule has 3 nitrogen and oxygen atoms in total. The fourth-order valence-corrected chi connectivity index (χ4v) is 2.01. The summed E-state index contributed by atoms with van der Waals surface area (Å²) in [7, 11) is 0. The number of halogens is 1. The van der Waals surface area contributed by atoms with Gasteiger partial charge in [-0.1, -0.05) is 27.7 Å². The Balaban J connectivity index is 2.83. The van der Waals surface area contributed by atoms with Gasteiger partial charge in [0, 0.05) is 5.92 Å². The Bertz CT molecular complexity index is 212. The molecule has 0 aromatic carbocycles. The first kappa shape index (κ1) is 12.9. The average molecular weight is 220 g/mol. The first-order chi connectivity index (χ1) is 6.79. The Labute approximate surface area is 90.3 Å². The Hall–Kier alpha value is -0.190. The highest BCUT2D eigenvalue weighted by Gasteiger charge is 2.46. The van der Waals surface area contributed by atoms with Crippen LogP contribution in [0.15, 0.2) is 0 Å². The minimum atomic E-state index is -0.927. The van der Waals surface area contributed by atoms with Crippen LogP contribution < -0.4 is 0 Å². The molecule has 1 saturated heterocycles. The summed E-state index contributed by atoms with van der Waals surface area (Å²) in [6, 6.07) is 0. The molecule has 90 valence electrons. The predicted molar refractivity (Wildman–Crippen MR) is 55.3 cm³/mol. The van der Waals surface area contributed by atoms with Gasteiger partial charge in [-0.15, -0.1) is 0 Å². The first-order valence-corrected chi connectivity index (χ1v) is 5.36. The molecule has 0 aliphatic carbocycles. The molecular weight excluding hydrogens is 199 g/mol. The van der Waals surface area contributed by atoms with Crippen molar-refractivity contribution in [1.29, 1.82) is 0 Å². The Morgan fingerprint density at radius 2 is 1.73 bits per heavy atom. The molecule has 2 N–H and O–H groups in total. The van der Waals surface area contributed by atoms with Crippen molar-refractivity contribution in [3.8, 4) is 0 Å². The van der Waals surface area contributed by atoms with E-state index in [4.69, 9.17) is 4.74 Å². The standard InChI is InChI=1S/C11H21FO3/c1-6-8(13)7(5-12)15-10(9(6)14)11(2,3)4/h6-10,13-14H,5H2,1-4H3/t6-,7+,8-,9+,10+/m0/s1. The van der Waals surface area contributed by atoms with Gasteiger partial charge in [-0.05, 0) is 5.41 Å². The highest BCUT2D eigenvalue weighted by atomic mass is 19.1. The molecule has 0 spiro atoms.